The number of nitrogens with zero attached hydrogens (tertiary/aromatic N) is 3. The van der Waals surface area contributed by atoms with Crippen LogP contribution in [0.4, 0.5) is 0 Å². The maximum Gasteiger partial charge on any atom is 0.201 e. The third-order valence-corrected chi connectivity index (χ3v) is 3.14. The molecule has 0 bridgehead atoms. The first-order valence-corrected chi connectivity index (χ1v) is 7.11. The largest absolute Gasteiger partial charge is 0.440 e. The van der Waals surface area contributed by atoms with Crippen LogP contribution in [0.3, 0.4) is 0 Å². The monoisotopic (exact) mass is 327 g/mol. The molecule has 116 valence electrons. The Balaban J connectivity index is 2.03. The average Bonchev–Trinajstić information content (AvgIpc) is 3.08. The Labute approximate surface area is 137 Å². The minimum atomic E-state index is 0.438. The van der Waals surface area contributed by atoms with E-state index in [1.165, 1.54) is 13.4 Å². The lowest BCUT2D eigenvalue weighted by Gasteiger charge is -2.11. The summed E-state index contributed by atoms with van der Waals surface area (Å²) in [6, 6.07) is 9.06. The topological polar surface area (TPSA) is 88.2 Å². The number of para-hydroxylation sites is 1. The molecule has 2 aromatic heterocycles. The second kappa shape index (κ2) is 6.84. The molecule has 0 spiro atoms. The van der Waals surface area contributed by atoms with Gasteiger partial charge in [0, 0.05) is 18.5 Å². The zero-order chi connectivity index (χ0) is 16.1. The van der Waals surface area contributed by atoms with Crippen LogP contribution >= 0.6 is 12.2 Å². The number of benzene rings is 1. The smallest absolute Gasteiger partial charge is 0.201 e. The van der Waals surface area contributed by atoms with Crippen LogP contribution in [-0.2, 0) is 4.84 Å². The van der Waals surface area contributed by atoms with E-state index in [9.17, 15) is 0 Å². The molecule has 2 heterocycles. The number of nitrogens with one attached hydrogen (secondary N) is 2. The highest BCUT2D eigenvalue weighted by molar-refractivity contribution is 7.71. The molecular formula is C15H13N5O2S. The normalized spacial score (nSPS) is 11.3. The fourth-order valence-corrected chi connectivity index (χ4v) is 2.15. The molecule has 8 heteroatoms. The van der Waals surface area contributed by atoms with Crippen molar-refractivity contribution in [2.75, 3.05) is 7.11 Å². The van der Waals surface area contributed by atoms with Gasteiger partial charge >= 0.3 is 0 Å². The van der Waals surface area contributed by atoms with E-state index in [1.54, 1.807) is 18.5 Å². The van der Waals surface area contributed by atoms with Gasteiger partial charge in [-0.05, 0) is 12.1 Å². The van der Waals surface area contributed by atoms with Crippen LogP contribution in [0.5, 0.6) is 11.6 Å². The molecule has 0 saturated heterocycles. The molecule has 2 N–H and O–H groups in total. The number of imidazole rings is 1. The molecule has 0 aliphatic heterocycles. The van der Waals surface area contributed by atoms with Crippen molar-refractivity contribution in [2.24, 2.45) is 5.16 Å². The molecule has 23 heavy (non-hydrogen) atoms. The van der Waals surface area contributed by atoms with Crippen molar-refractivity contribution in [3.8, 4) is 11.6 Å². The predicted molar refractivity (Wildman–Crippen MR) is 87.2 cm³/mol. The second-order valence-corrected chi connectivity index (χ2v) is 4.83. The van der Waals surface area contributed by atoms with E-state index in [2.05, 4.69) is 25.1 Å². The van der Waals surface area contributed by atoms with Gasteiger partial charge in [0.25, 0.3) is 0 Å². The van der Waals surface area contributed by atoms with E-state index in [4.69, 9.17) is 21.8 Å². The van der Waals surface area contributed by atoms with Crippen LogP contribution in [0.2, 0.25) is 0 Å². The number of H-pyrrole nitrogens is 2. The minimum Gasteiger partial charge on any atom is -0.440 e. The van der Waals surface area contributed by atoms with E-state index in [-0.39, 0.29) is 0 Å². The molecular weight excluding hydrogens is 314 g/mol. The third kappa shape index (κ3) is 3.43. The fraction of sp³-hybridized carbons (Fsp3) is 0.0667. The number of hydrogen-bond acceptors (Lipinski definition) is 6. The highest BCUT2D eigenvalue weighted by Crippen LogP contribution is 2.25. The molecule has 0 atom stereocenters. The summed E-state index contributed by atoms with van der Waals surface area (Å²) in [6.07, 6.45) is 4.84. The van der Waals surface area contributed by atoms with E-state index < -0.39 is 0 Å². The van der Waals surface area contributed by atoms with Crippen LogP contribution in [0.15, 0.2) is 54.2 Å². The number of ether oxygens (including phenoxy) is 1. The molecule has 1 aromatic carbocycles. The van der Waals surface area contributed by atoms with Crippen LogP contribution in [-0.4, -0.2) is 32.8 Å². The maximum atomic E-state index is 5.88. The molecule has 3 rings (SSSR count). The van der Waals surface area contributed by atoms with Gasteiger partial charge in [-0.3, -0.25) is 0 Å². The van der Waals surface area contributed by atoms with E-state index in [0.29, 0.717) is 27.8 Å². The van der Waals surface area contributed by atoms with Gasteiger partial charge < -0.3 is 19.5 Å². The van der Waals surface area contributed by atoms with Gasteiger partial charge in [-0.15, -0.1) is 0 Å². The highest BCUT2D eigenvalue weighted by atomic mass is 32.1. The first-order chi connectivity index (χ1) is 11.3. The number of hydrogen-bond donors (Lipinski definition) is 2. The van der Waals surface area contributed by atoms with Crippen molar-refractivity contribution >= 4 is 17.9 Å². The first-order valence-electron chi connectivity index (χ1n) is 6.71. The Kier molecular flexibility index (Phi) is 4.44. The van der Waals surface area contributed by atoms with Gasteiger partial charge in [-0.2, -0.15) is 0 Å². The van der Waals surface area contributed by atoms with Gasteiger partial charge in [0.05, 0.1) is 11.9 Å². The number of oxime groups is 1. The van der Waals surface area contributed by atoms with Crippen molar-refractivity contribution in [3.63, 3.8) is 0 Å². The Bertz CT molecular complexity index is 873. The lowest BCUT2D eigenvalue weighted by atomic mass is 10.1. The summed E-state index contributed by atoms with van der Waals surface area (Å²) in [4.78, 5) is 19.0. The van der Waals surface area contributed by atoms with E-state index >= 15 is 0 Å². The average molecular weight is 327 g/mol. The summed E-state index contributed by atoms with van der Waals surface area (Å²) in [7, 11) is 1.48. The molecule has 0 aliphatic rings. The van der Waals surface area contributed by atoms with Crippen LogP contribution < -0.4 is 4.74 Å². The molecule has 0 fully saturated rings. The van der Waals surface area contributed by atoms with Crippen LogP contribution in [0.1, 0.15) is 11.4 Å². The molecule has 0 radical (unpaired) electrons. The summed E-state index contributed by atoms with van der Waals surface area (Å²) in [6.45, 7) is 0. The Morgan fingerprint density at radius 3 is 2.83 bits per heavy atom. The van der Waals surface area contributed by atoms with Crippen LogP contribution in [0, 0.1) is 4.64 Å². The fourth-order valence-electron chi connectivity index (χ4n) is 1.99. The number of aromatic nitrogens is 4. The summed E-state index contributed by atoms with van der Waals surface area (Å²) in [5, 5.41) is 4.06. The molecule has 3 aromatic rings. The van der Waals surface area contributed by atoms with Gasteiger partial charge in [0.1, 0.15) is 17.5 Å². The lowest BCUT2D eigenvalue weighted by Crippen LogP contribution is -2.08. The van der Waals surface area contributed by atoms with Crippen molar-refractivity contribution < 1.29 is 9.57 Å². The zero-order valence-corrected chi connectivity index (χ0v) is 13.0. The van der Waals surface area contributed by atoms with Crippen molar-refractivity contribution in [1.29, 1.82) is 0 Å². The van der Waals surface area contributed by atoms with E-state index in [1.807, 2.05) is 24.3 Å². The number of aromatic amines is 2. The van der Waals surface area contributed by atoms with Crippen LogP contribution in [0.25, 0.3) is 0 Å². The highest BCUT2D eigenvalue weighted by Gasteiger charge is 2.16. The zero-order valence-electron chi connectivity index (χ0n) is 12.2. The quantitative estimate of drug-likeness (QED) is 0.427. The summed E-state index contributed by atoms with van der Waals surface area (Å²) >= 11 is 5.04. The van der Waals surface area contributed by atoms with Gasteiger partial charge in [-0.25, -0.2) is 9.97 Å². The molecule has 0 aliphatic carbocycles. The Morgan fingerprint density at radius 2 is 2.09 bits per heavy atom. The Hall–Kier alpha value is -3.00. The van der Waals surface area contributed by atoms with Gasteiger partial charge in [0.15, 0.2) is 11.5 Å². The van der Waals surface area contributed by atoms with Crippen molar-refractivity contribution in [2.45, 2.75) is 0 Å². The summed E-state index contributed by atoms with van der Waals surface area (Å²) in [5.74, 6) is 1.63. The standard InChI is InChI=1S/C15H13N5O2S/c1-21-20-14(15-16-6-7-17-15)10-4-2-3-5-11(10)22-12-8-13(23)19-9-18-12/h2-9H,1H3,(H,16,17)(H,18,19,23)/b20-14+. The molecule has 0 unspecified atom stereocenters. The number of rotatable bonds is 5. The first kappa shape index (κ1) is 14.9. The summed E-state index contributed by atoms with van der Waals surface area (Å²) in [5.41, 5.74) is 1.25. The van der Waals surface area contributed by atoms with Gasteiger partial charge in [0.2, 0.25) is 5.88 Å². The Morgan fingerprint density at radius 1 is 1.22 bits per heavy atom. The van der Waals surface area contributed by atoms with Gasteiger partial charge in [-0.1, -0.05) is 29.5 Å². The predicted octanol–water partition coefficient (Wildman–Crippen LogP) is 3.05. The molecule has 0 saturated carbocycles. The van der Waals surface area contributed by atoms with Crippen molar-refractivity contribution in [3.05, 3.63) is 65.1 Å². The second-order valence-electron chi connectivity index (χ2n) is 4.41. The summed E-state index contributed by atoms with van der Waals surface area (Å²) < 4.78 is 6.31. The maximum absolute atomic E-state index is 5.88. The minimum absolute atomic E-state index is 0.438. The SMILES string of the molecule is CO/N=C(/c1ncc[nH]1)c1ccccc1Oc1cc(=S)nc[nH]1. The molecule has 7 nitrogen and oxygen atoms in total. The third-order valence-electron chi connectivity index (χ3n) is 2.92. The lowest BCUT2D eigenvalue weighted by molar-refractivity contribution is 0.213. The van der Waals surface area contributed by atoms with E-state index in [0.717, 1.165) is 5.56 Å². The molecule has 0 amide bonds. The van der Waals surface area contributed by atoms with Crippen molar-refractivity contribution in [1.82, 2.24) is 19.9 Å².